The van der Waals surface area contributed by atoms with Crippen LogP contribution >= 0.6 is 23.2 Å². The van der Waals surface area contributed by atoms with Crippen LogP contribution in [-0.4, -0.2) is 10.6 Å². The molecule has 0 aromatic carbocycles. The van der Waals surface area contributed by atoms with Crippen LogP contribution in [0.3, 0.4) is 0 Å². The van der Waals surface area contributed by atoms with Gasteiger partial charge < -0.3 is 0 Å². The van der Waals surface area contributed by atoms with E-state index in [9.17, 15) is 4.48 Å². The number of alkyl halides is 2. The monoisotopic (exact) mass is 189 g/mol. The summed E-state index contributed by atoms with van der Waals surface area (Å²) >= 11 is 10.8. The van der Waals surface area contributed by atoms with Crippen molar-refractivity contribution in [1.29, 1.82) is 0 Å². The molecule has 0 radical (unpaired) electrons. The van der Waals surface area contributed by atoms with E-state index in [1.165, 1.54) is 12.5 Å². The molecular formula is C4H10Cl2FN3. The molecule has 0 saturated heterocycles. The molecule has 0 rings (SSSR count). The van der Waals surface area contributed by atoms with Gasteiger partial charge in [-0.1, -0.05) is 6.92 Å². The minimum atomic E-state index is -1.66. The lowest BCUT2D eigenvalue weighted by molar-refractivity contribution is 0.128. The van der Waals surface area contributed by atoms with Crippen LogP contribution in [0.1, 0.15) is 6.92 Å². The van der Waals surface area contributed by atoms with Gasteiger partial charge in [-0.05, 0) is 0 Å². The molecule has 1 atom stereocenters. The van der Waals surface area contributed by atoms with Gasteiger partial charge in [0.25, 0.3) is 0 Å². The fraction of sp³-hybridized carbons (Fsp3) is 1.00. The van der Waals surface area contributed by atoms with E-state index in [0.29, 0.717) is 0 Å². The predicted molar refractivity (Wildman–Crippen MR) is 40.0 cm³/mol. The van der Waals surface area contributed by atoms with Crippen LogP contribution in [0.25, 0.3) is 0 Å². The maximum Gasteiger partial charge on any atom is 0.151 e. The third-order valence-electron chi connectivity index (χ3n) is 1.30. The molecule has 3 nitrogen and oxygen atoms in total. The highest BCUT2D eigenvalue weighted by Crippen LogP contribution is 2.19. The van der Waals surface area contributed by atoms with E-state index in [1.807, 2.05) is 0 Å². The summed E-state index contributed by atoms with van der Waals surface area (Å²) in [7, 11) is 0. The fourth-order valence-electron chi connectivity index (χ4n) is 0.295. The number of rotatable bonds is 3. The molecule has 0 aromatic heterocycles. The van der Waals surface area contributed by atoms with Crippen LogP contribution in [0.15, 0.2) is 0 Å². The molecule has 5 N–H and O–H groups in total. The second kappa shape index (κ2) is 3.69. The molecular weight excluding hydrogens is 180 g/mol. The van der Waals surface area contributed by atoms with Gasteiger partial charge in [-0.15, -0.1) is 33.2 Å². The summed E-state index contributed by atoms with van der Waals surface area (Å²) in [6, 6.07) is 0. The van der Waals surface area contributed by atoms with Crippen LogP contribution in [0.2, 0.25) is 0 Å². The zero-order valence-corrected chi connectivity index (χ0v) is 6.96. The predicted octanol–water partition coefficient (Wildman–Crippen LogP) is 0.472. The lowest BCUT2D eigenvalue weighted by Gasteiger charge is -2.28. The van der Waals surface area contributed by atoms with Crippen molar-refractivity contribution in [3.63, 3.8) is 0 Å². The van der Waals surface area contributed by atoms with E-state index in [0.717, 1.165) is 0 Å². The van der Waals surface area contributed by atoms with Crippen molar-refractivity contribution in [1.82, 2.24) is 5.54 Å². The Morgan fingerprint density at radius 1 is 1.50 bits per heavy atom. The Hall–Kier alpha value is 0.390. The first-order chi connectivity index (χ1) is 4.41. The van der Waals surface area contributed by atoms with Crippen molar-refractivity contribution in [2.75, 3.05) is 0 Å². The zero-order valence-electron chi connectivity index (χ0n) is 5.44. The van der Waals surface area contributed by atoms with Crippen molar-refractivity contribution < 1.29 is 4.48 Å². The average molecular weight is 190 g/mol. The molecule has 0 aromatic rings. The van der Waals surface area contributed by atoms with Crippen molar-refractivity contribution in [3.8, 4) is 0 Å². The van der Waals surface area contributed by atoms with E-state index < -0.39 is 16.5 Å². The second-order valence-electron chi connectivity index (χ2n) is 2.15. The summed E-state index contributed by atoms with van der Waals surface area (Å²) in [6.07, 6.45) is 0. The van der Waals surface area contributed by atoms with Gasteiger partial charge in [0.15, 0.2) is 5.79 Å². The van der Waals surface area contributed by atoms with E-state index in [4.69, 9.17) is 34.7 Å². The Morgan fingerprint density at radius 3 is 2.00 bits per heavy atom. The Kier molecular flexibility index (Phi) is 3.83. The molecule has 0 spiro atoms. The molecule has 0 aliphatic rings. The lowest BCUT2D eigenvalue weighted by Crippen LogP contribution is -2.64. The number of hydrogen-bond acceptors (Lipinski definition) is 3. The van der Waals surface area contributed by atoms with Crippen LogP contribution in [-0.2, 0) is 0 Å². The SMILES string of the molecule is CC(C(Cl)Cl)C(N)(N)NF. The number of nitrogens with one attached hydrogen (secondary N) is 1. The minimum absolute atomic E-state index is 0.569. The molecule has 0 aliphatic carbocycles. The summed E-state index contributed by atoms with van der Waals surface area (Å²) in [5.74, 6) is -2.23. The molecule has 0 bridgehead atoms. The van der Waals surface area contributed by atoms with Crippen LogP contribution < -0.4 is 17.0 Å². The molecule has 62 valence electrons. The lowest BCUT2D eigenvalue weighted by atomic mass is 10.1. The highest BCUT2D eigenvalue weighted by Gasteiger charge is 2.31. The van der Waals surface area contributed by atoms with E-state index in [-0.39, 0.29) is 0 Å². The van der Waals surface area contributed by atoms with Gasteiger partial charge in [-0.3, -0.25) is 11.5 Å². The Morgan fingerprint density at radius 2 is 1.90 bits per heavy atom. The number of nitrogens with two attached hydrogens (primary N) is 2. The summed E-state index contributed by atoms with van der Waals surface area (Å²) in [5, 5.41) is 0. The summed E-state index contributed by atoms with van der Waals surface area (Å²) in [4.78, 5) is -0.793. The molecule has 0 amide bonds. The number of halogens is 3. The molecule has 1 unspecified atom stereocenters. The van der Waals surface area contributed by atoms with Crippen molar-refractivity contribution in [2.45, 2.75) is 17.5 Å². The maximum atomic E-state index is 11.8. The Bertz CT molecular complexity index is 109. The standard InChI is InChI=1S/C4H10Cl2FN3/c1-2(3(5)6)4(8,9)10-7/h2-3,10H,8-9H2,1H3. The second-order valence-corrected chi connectivity index (χ2v) is 3.31. The third kappa shape index (κ3) is 2.56. The molecule has 0 aliphatic heterocycles. The fourth-order valence-corrected chi connectivity index (χ4v) is 0.711. The first kappa shape index (κ1) is 10.4. The third-order valence-corrected chi connectivity index (χ3v) is 2.05. The molecule has 0 saturated carbocycles. The summed E-state index contributed by atoms with van der Waals surface area (Å²) < 4.78 is 11.8. The van der Waals surface area contributed by atoms with Crippen LogP contribution in [0.5, 0.6) is 0 Å². The molecule has 0 heterocycles. The van der Waals surface area contributed by atoms with Gasteiger partial charge in [0.05, 0.1) is 0 Å². The summed E-state index contributed by atoms with van der Waals surface area (Å²) in [5.41, 5.74) is 11.6. The molecule has 6 heteroatoms. The molecule has 0 fully saturated rings. The van der Waals surface area contributed by atoms with Gasteiger partial charge in [-0.2, -0.15) is 0 Å². The van der Waals surface area contributed by atoms with E-state index in [1.54, 1.807) is 0 Å². The van der Waals surface area contributed by atoms with Gasteiger partial charge >= 0.3 is 0 Å². The van der Waals surface area contributed by atoms with E-state index >= 15 is 0 Å². The van der Waals surface area contributed by atoms with E-state index in [2.05, 4.69) is 0 Å². The van der Waals surface area contributed by atoms with Crippen LogP contribution in [0.4, 0.5) is 4.48 Å². The number of hydrogen-bond donors (Lipinski definition) is 3. The van der Waals surface area contributed by atoms with Gasteiger partial charge in [0.1, 0.15) is 4.84 Å². The van der Waals surface area contributed by atoms with Gasteiger partial charge in [0, 0.05) is 5.92 Å². The van der Waals surface area contributed by atoms with Crippen LogP contribution in [0, 0.1) is 5.92 Å². The Balaban J connectivity index is 4.03. The zero-order chi connectivity index (χ0) is 8.36. The first-order valence-corrected chi connectivity index (χ1v) is 3.52. The first-order valence-electron chi connectivity index (χ1n) is 2.65. The van der Waals surface area contributed by atoms with Crippen molar-refractivity contribution >= 4 is 23.2 Å². The highest BCUT2D eigenvalue weighted by molar-refractivity contribution is 6.44. The Labute approximate surface area is 68.8 Å². The largest absolute Gasteiger partial charge is 0.299 e. The minimum Gasteiger partial charge on any atom is -0.299 e. The van der Waals surface area contributed by atoms with Gasteiger partial charge in [-0.25, -0.2) is 0 Å². The van der Waals surface area contributed by atoms with Gasteiger partial charge in [0.2, 0.25) is 0 Å². The maximum absolute atomic E-state index is 11.8. The molecule has 10 heavy (non-hydrogen) atoms. The average Bonchev–Trinajstić information content (AvgIpc) is 1.86. The van der Waals surface area contributed by atoms with Crippen molar-refractivity contribution in [2.24, 2.45) is 17.4 Å². The normalized spacial score (nSPS) is 15.9. The summed E-state index contributed by atoms with van der Waals surface area (Å²) in [6.45, 7) is 1.54. The smallest absolute Gasteiger partial charge is 0.151 e. The highest BCUT2D eigenvalue weighted by atomic mass is 35.5. The quantitative estimate of drug-likeness (QED) is 0.344. The van der Waals surface area contributed by atoms with Crippen molar-refractivity contribution in [3.05, 3.63) is 0 Å². The topological polar surface area (TPSA) is 64.1 Å².